The Labute approximate surface area is 169 Å². The second kappa shape index (κ2) is 8.30. The van der Waals surface area contributed by atoms with Gasteiger partial charge in [-0.2, -0.15) is 0 Å². The molecular formula is C23H24BrNO2. The molecule has 0 radical (unpaired) electrons. The summed E-state index contributed by atoms with van der Waals surface area (Å²) in [7, 11) is 0. The van der Waals surface area contributed by atoms with Gasteiger partial charge < -0.3 is 4.74 Å². The number of nitrogens with zero attached hydrogens (tertiary/aromatic N) is 1. The predicted molar refractivity (Wildman–Crippen MR) is 112 cm³/mol. The molecule has 2 aromatic carbocycles. The molecule has 1 amide bonds. The highest BCUT2D eigenvalue weighted by molar-refractivity contribution is 9.08. The molecule has 1 saturated heterocycles. The number of carbonyl (C=O) groups is 1. The average Bonchev–Trinajstić information content (AvgIpc) is 2.72. The predicted octanol–water partition coefficient (Wildman–Crippen LogP) is 5.93. The van der Waals surface area contributed by atoms with E-state index in [-0.39, 0.29) is 18.2 Å². The van der Waals surface area contributed by atoms with E-state index in [9.17, 15) is 4.79 Å². The summed E-state index contributed by atoms with van der Waals surface area (Å²) in [4.78, 5) is 14.8. The molecule has 2 aliphatic rings. The first kappa shape index (κ1) is 18.3. The van der Waals surface area contributed by atoms with Crippen molar-refractivity contribution in [2.75, 3.05) is 0 Å². The Morgan fingerprint density at radius 1 is 1.07 bits per heavy atom. The van der Waals surface area contributed by atoms with Crippen LogP contribution in [-0.2, 0) is 16.7 Å². The summed E-state index contributed by atoms with van der Waals surface area (Å²) in [6, 6.07) is 18.9. The summed E-state index contributed by atoms with van der Waals surface area (Å²) < 4.78 is 5.63. The fourth-order valence-electron chi connectivity index (χ4n) is 4.18. The van der Waals surface area contributed by atoms with Crippen LogP contribution in [0.1, 0.15) is 42.4 Å². The van der Waals surface area contributed by atoms with Crippen LogP contribution < -0.4 is 0 Å². The van der Waals surface area contributed by atoms with E-state index in [1.54, 1.807) is 0 Å². The lowest BCUT2D eigenvalue weighted by atomic mass is 9.83. The summed E-state index contributed by atoms with van der Waals surface area (Å²) in [6.45, 7) is 0.333. The zero-order chi connectivity index (χ0) is 18.6. The van der Waals surface area contributed by atoms with Gasteiger partial charge in [0, 0.05) is 11.4 Å². The molecule has 0 aromatic heterocycles. The molecule has 0 spiro atoms. The molecule has 1 fully saturated rings. The lowest BCUT2D eigenvalue weighted by Gasteiger charge is -2.44. The van der Waals surface area contributed by atoms with Crippen LogP contribution >= 0.6 is 15.9 Å². The standard InChI is InChI=1S/C23H24BrNO2/c24-15-18-8-4-9-19(12-18)20-13-21-10-5-11-22(14-20)25(21)23(26)27-16-17-6-2-1-3-7-17/h1-4,6-9,12-13,21-22H,5,10-11,14-16H2. The van der Waals surface area contributed by atoms with E-state index in [1.165, 1.54) is 23.1 Å². The van der Waals surface area contributed by atoms with Gasteiger partial charge in [0.25, 0.3) is 0 Å². The highest BCUT2D eigenvalue weighted by Gasteiger charge is 2.38. The SMILES string of the molecule is O=C(OCc1ccccc1)N1C2C=C(c3cccc(CBr)c3)CC1CCC2. The number of piperidine rings is 1. The van der Waals surface area contributed by atoms with Gasteiger partial charge in [-0.3, -0.25) is 4.90 Å². The number of hydrogen-bond donors (Lipinski definition) is 0. The van der Waals surface area contributed by atoms with Gasteiger partial charge in [-0.25, -0.2) is 4.79 Å². The zero-order valence-electron chi connectivity index (χ0n) is 15.3. The van der Waals surface area contributed by atoms with Gasteiger partial charge in [-0.1, -0.05) is 76.6 Å². The van der Waals surface area contributed by atoms with Crippen LogP contribution in [0, 0.1) is 0 Å². The minimum atomic E-state index is -0.182. The van der Waals surface area contributed by atoms with Crippen molar-refractivity contribution in [1.82, 2.24) is 4.90 Å². The molecule has 0 saturated carbocycles. The number of alkyl halides is 1. The number of amides is 1. The normalized spacial score (nSPS) is 21.5. The van der Waals surface area contributed by atoms with E-state index in [0.29, 0.717) is 6.61 Å². The Bertz CT molecular complexity index is 833. The third-order valence-electron chi connectivity index (χ3n) is 5.51. The van der Waals surface area contributed by atoms with Gasteiger partial charge in [0.05, 0.1) is 6.04 Å². The van der Waals surface area contributed by atoms with Gasteiger partial charge in [0.1, 0.15) is 6.61 Å². The highest BCUT2D eigenvalue weighted by Crippen LogP contribution is 2.37. The molecule has 140 valence electrons. The molecule has 4 heteroatoms. The first-order valence-electron chi connectivity index (χ1n) is 9.59. The third-order valence-corrected chi connectivity index (χ3v) is 6.15. The van der Waals surface area contributed by atoms with E-state index in [4.69, 9.17) is 4.74 Å². The molecular weight excluding hydrogens is 402 g/mol. The van der Waals surface area contributed by atoms with Crippen molar-refractivity contribution in [3.05, 3.63) is 77.4 Å². The van der Waals surface area contributed by atoms with Crippen molar-refractivity contribution < 1.29 is 9.53 Å². The molecule has 4 rings (SSSR count). The van der Waals surface area contributed by atoms with E-state index in [0.717, 1.165) is 30.2 Å². The van der Waals surface area contributed by atoms with Crippen LogP contribution in [0.3, 0.4) is 0 Å². The van der Waals surface area contributed by atoms with Crippen LogP contribution in [0.15, 0.2) is 60.7 Å². The lowest BCUT2D eigenvalue weighted by Crippen LogP contribution is -2.51. The molecule has 27 heavy (non-hydrogen) atoms. The minimum Gasteiger partial charge on any atom is -0.445 e. The molecule has 2 heterocycles. The van der Waals surface area contributed by atoms with Crippen molar-refractivity contribution in [3.63, 3.8) is 0 Å². The van der Waals surface area contributed by atoms with E-state index < -0.39 is 0 Å². The minimum absolute atomic E-state index is 0.142. The van der Waals surface area contributed by atoms with Crippen LogP contribution in [-0.4, -0.2) is 23.1 Å². The fourth-order valence-corrected chi connectivity index (χ4v) is 4.53. The smallest absolute Gasteiger partial charge is 0.410 e. The van der Waals surface area contributed by atoms with Crippen molar-refractivity contribution in [1.29, 1.82) is 0 Å². The lowest BCUT2D eigenvalue weighted by molar-refractivity contribution is 0.0510. The topological polar surface area (TPSA) is 29.5 Å². The summed E-state index contributed by atoms with van der Waals surface area (Å²) >= 11 is 3.54. The van der Waals surface area contributed by atoms with Gasteiger partial charge in [-0.05, 0) is 47.9 Å². The molecule has 2 aromatic rings. The first-order chi connectivity index (χ1) is 13.2. The van der Waals surface area contributed by atoms with Crippen molar-refractivity contribution >= 4 is 27.6 Å². The third kappa shape index (κ3) is 4.11. The monoisotopic (exact) mass is 425 g/mol. The fraction of sp³-hybridized carbons (Fsp3) is 0.348. The molecule has 0 N–H and O–H groups in total. The first-order valence-corrected chi connectivity index (χ1v) is 10.7. The highest BCUT2D eigenvalue weighted by atomic mass is 79.9. The molecule has 2 bridgehead atoms. The average molecular weight is 426 g/mol. The largest absolute Gasteiger partial charge is 0.445 e. The number of hydrogen-bond acceptors (Lipinski definition) is 2. The van der Waals surface area contributed by atoms with E-state index >= 15 is 0 Å². The quantitative estimate of drug-likeness (QED) is 0.568. The summed E-state index contributed by atoms with van der Waals surface area (Å²) in [6.07, 6.45) is 6.24. The number of fused-ring (bicyclic) bond motifs is 2. The van der Waals surface area contributed by atoms with Crippen LogP contribution in [0.2, 0.25) is 0 Å². The van der Waals surface area contributed by atoms with Crippen LogP contribution in [0.5, 0.6) is 0 Å². The van der Waals surface area contributed by atoms with Gasteiger partial charge >= 0.3 is 6.09 Å². The van der Waals surface area contributed by atoms with Crippen molar-refractivity contribution in [2.45, 2.75) is 49.7 Å². The van der Waals surface area contributed by atoms with Crippen LogP contribution in [0.25, 0.3) is 5.57 Å². The van der Waals surface area contributed by atoms with Crippen molar-refractivity contribution in [3.8, 4) is 0 Å². The molecule has 0 aliphatic carbocycles. The number of carbonyl (C=O) groups excluding carboxylic acids is 1. The molecule has 3 nitrogen and oxygen atoms in total. The molecule has 2 atom stereocenters. The van der Waals surface area contributed by atoms with Gasteiger partial charge in [-0.15, -0.1) is 0 Å². The summed E-state index contributed by atoms with van der Waals surface area (Å²) in [5.41, 5.74) is 4.94. The number of ether oxygens (including phenoxy) is 1. The molecule has 2 aliphatic heterocycles. The van der Waals surface area contributed by atoms with E-state index in [2.05, 4.69) is 46.3 Å². The number of benzene rings is 2. The van der Waals surface area contributed by atoms with Crippen molar-refractivity contribution in [2.24, 2.45) is 0 Å². The maximum Gasteiger partial charge on any atom is 0.410 e. The Hall–Kier alpha value is -2.07. The number of halogens is 1. The summed E-state index contributed by atoms with van der Waals surface area (Å²) in [5.74, 6) is 0. The Kier molecular flexibility index (Phi) is 5.63. The van der Waals surface area contributed by atoms with Gasteiger partial charge in [0.2, 0.25) is 0 Å². The Morgan fingerprint density at radius 2 is 1.89 bits per heavy atom. The van der Waals surface area contributed by atoms with E-state index in [1.807, 2.05) is 35.2 Å². The Morgan fingerprint density at radius 3 is 2.67 bits per heavy atom. The van der Waals surface area contributed by atoms with Crippen LogP contribution in [0.4, 0.5) is 4.79 Å². The number of rotatable bonds is 4. The summed E-state index contributed by atoms with van der Waals surface area (Å²) in [5, 5.41) is 0.860. The van der Waals surface area contributed by atoms with Gasteiger partial charge in [0.15, 0.2) is 0 Å². The maximum absolute atomic E-state index is 12.8. The molecule has 2 unspecified atom stereocenters. The second-order valence-corrected chi connectivity index (χ2v) is 7.89. The Balaban J connectivity index is 1.50. The zero-order valence-corrected chi connectivity index (χ0v) is 16.9. The maximum atomic E-state index is 12.8. The second-order valence-electron chi connectivity index (χ2n) is 7.33.